The minimum Gasteiger partial charge on any atom is -0.352 e. The van der Waals surface area contributed by atoms with Crippen molar-refractivity contribution in [1.29, 1.82) is 0 Å². The summed E-state index contributed by atoms with van der Waals surface area (Å²) < 4.78 is 69.2. The number of nitrogens with zero attached hydrogens (tertiary/aromatic N) is 1. The van der Waals surface area contributed by atoms with Crippen LogP contribution in [-0.4, -0.2) is 41.6 Å². The molecule has 3 amide bonds. The van der Waals surface area contributed by atoms with Crippen LogP contribution in [0.15, 0.2) is 12.1 Å². The second-order valence-corrected chi connectivity index (χ2v) is 9.14. The van der Waals surface area contributed by atoms with Gasteiger partial charge in [0.25, 0.3) is 0 Å². The zero-order valence-electron chi connectivity index (χ0n) is 15.9. The molecule has 0 aromatic heterocycles. The summed E-state index contributed by atoms with van der Waals surface area (Å²) in [5.74, 6) is -4.05. The zero-order valence-corrected chi connectivity index (χ0v) is 16.6. The predicted molar refractivity (Wildman–Crippen MR) is 96.6 cm³/mol. The van der Waals surface area contributed by atoms with Crippen LogP contribution < -0.4 is 11.1 Å². The molecule has 3 N–H and O–H groups in total. The summed E-state index contributed by atoms with van der Waals surface area (Å²) in [6.07, 6.45) is -5.40. The summed E-state index contributed by atoms with van der Waals surface area (Å²) >= 11 is 5.73. The highest BCUT2D eigenvalue weighted by atomic mass is 35.5. The van der Waals surface area contributed by atoms with Gasteiger partial charge in [0, 0.05) is 19.0 Å². The molecule has 3 aliphatic carbocycles. The van der Waals surface area contributed by atoms with Gasteiger partial charge in [0.15, 0.2) is 0 Å². The molecule has 4 aliphatic rings. The number of carbonyl (C=O) groups is 2. The van der Waals surface area contributed by atoms with Crippen LogP contribution in [0, 0.1) is 22.5 Å². The van der Waals surface area contributed by atoms with E-state index >= 15 is 4.39 Å². The van der Waals surface area contributed by atoms with Crippen molar-refractivity contribution < 1.29 is 31.5 Å². The smallest absolute Gasteiger partial charge is 0.352 e. The number of primary amides is 1. The number of nitrogens with two attached hydrogens (primary N) is 1. The monoisotopic (exact) mass is 451 g/mol. The predicted octanol–water partition coefficient (Wildman–Crippen LogP) is 3.70. The average molecular weight is 452 g/mol. The molecule has 2 atom stereocenters. The van der Waals surface area contributed by atoms with Crippen molar-refractivity contribution in [1.82, 2.24) is 10.2 Å². The van der Waals surface area contributed by atoms with Crippen LogP contribution in [0.5, 0.6) is 0 Å². The van der Waals surface area contributed by atoms with Crippen LogP contribution in [0.2, 0.25) is 5.02 Å². The molecule has 2 bridgehead atoms. The second-order valence-electron chi connectivity index (χ2n) is 8.76. The van der Waals surface area contributed by atoms with E-state index in [4.69, 9.17) is 17.3 Å². The molecule has 5 nitrogen and oxygen atoms in total. The molecule has 4 fully saturated rings. The number of rotatable bonds is 3. The molecule has 1 aliphatic heterocycles. The van der Waals surface area contributed by atoms with Crippen LogP contribution in [0.1, 0.15) is 37.7 Å². The van der Waals surface area contributed by atoms with Crippen LogP contribution in [0.4, 0.5) is 26.7 Å². The third kappa shape index (κ3) is 2.52. The topological polar surface area (TPSA) is 75.4 Å². The summed E-state index contributed by atoms with van der Waals surface area (Å²) in [6, 6.07) is 1.02. The minimum absolute atomic E-state index is 0.00507. The fraction of sp³-hybridized carbons (Fsp3) is 0.579. The van der Waals surface area contributed by atoms with E-state index in [1.807, 2.05) is 0 Å². The van der Waals surface area contributed by atoms with Gasteiger partial charge in [-0.3, -0.25) is 4.79 Å². The molecule has 1 unspecified atom stereocenters. The van der Waals surface area contributed by atoms with Crippen molar-refractivity contribution in [3.63, 3.8) is 0 Å². The Morgan fingerprint density at radius 3 is 2.40 bits per heavy atom. The Morgan fingerprint density at radius 1 is 1.27 bits per heavy atom. The maximum atomic E-state index is 15.1. The molecule has 1 aromatic rings. The molecule has 30 heavy (non-hydrogen) atoms. The Morgan fingerprint density at radius 2 is 1.87 bits per heavy atom. The fourth-order valence-corrected chi connectivity index (χ4v) is 6.08. The Balaban J connectivity index is 1.87. The Hall–Kier alpha value is -2.10. The highest BCUT2D eigenvalue weighted by Gasteiger charge is 2.82. The lowest BCUT2D eigenvalue weighted by atomic mass is 9.29. The van der Waals surface area contributed by atoms with E-state index in [0.717, 1.165) is 17.0 Å². The molecular weight excluding hydrogens is 433 g/mol. The number of urea groups is 1. The molecular formula is C19H19ClF5N3O2. The van der Waals surface area contributed by atoms with Gasteiger partial charge in [-0.25, -0.2) is 13.6 Å². The summed E-state index contributed by atoms with van der Waals surface area (Å²) in [7, 11) is 0. The van der Waals surface area contributed by atoms with Crippen LogP contribution >= 0.6 is 11.6 Å². The zero-order chi connectivity index (χ0) is 22.3. The number of nitrogens with one attached hydrogen (secondary N) is 1. The Labute approximate surface area is 173 Å². The highest BCUT2D eigenvalue weighted by Crippen LogP contribution is 2.83. The van der Waals surface area contributed by atoms with E-state index < -0.39 is 57.1 Å². The van der Waals surface area contributed by atoms with E-state index in [-0.39, 0.29) is 37.9 Å². The number of amides is 3. The number of piperazine rings is 1. The van der Waals surface area contributed by atoms with Gasteiger partial charge < -0.3 is 16.0 Å². The summed E-state index contributed by atoms with van der Waals surface area (Å²) in [5, 5.41) is 1.77. The highest BCUT2D eigenvalue weighted by molar-refractivity contribution is 6.31. The van der Waals surface area contributed by atoms with Gasteiger partial charge in [0.05, 0.1) is 5.41 Å². The van der Waals surface area contributed by atoms with Crippen LogP contribution in [0.25, 0.3) is 0 Å². The molecule has 5 rings (SSSR count). The lowest BCUT2D eigenvalue weighted by molar-refractivity contribution is -0.373. The normalized spacial score (nSPS) is 34.0. The molecule has 1 aromatic carbocycles. The second kappa shape index (κ2) is 6.21. The van der Waals surface area contributed by atoms with Crippen molar-refractivity contribution in [2.75, 3.05) is 13.1 Å². The van der Waals surface area contributed by atoms with Gasteiger partial charge in [-0.1, -0.05) is 17.7 Å². The molecule has 0 spiro atoms. The summed E-state index contributed by atoms with van der Waals surface area (Å²) in [5.41, 5.74) is 0.505. The number of halogens is 6. The maximum absolute atomic E-state index is 15.1. The number of benzene rings is 1. The maximum Gasteiger partial charge on any atom is 0.394 e. The first-order valence-corrected chi connectivity index (χ1v) is 9.72. The fourth-order valence-electron chi connectivity index (χ4n) is 5.91. The molecule has 0 radical (unpaired) electrons. The van der Waals surface area contributed by atoms with Gasteiger partial charge in [-0.05, 0) is 43.2 Å². The van der Waals surface area contributed by atoms with Crippen molar-refractivity contribution in [3.8, 4) is 0 Å². The van der Waals surface area contributed by atoms with Crippen LogP contribution in [0.3, 0.4) is 0 Å². The first kappa shape index (κ1) is 21.1. The summed E-state index contributed by atoms with van der Waals surface area (Å²) in [4.78, 5) is 26.2. The van der Waals surface area contributed by atoms with E-state index in [2.05, 4.69) is 5.32 Å². The molecule has 1 heterocycles. The third-order valence-electron chi connectivity index (χ3n) is 7.13. The first-order valence-electron chi connectivity index (χ1n) is 9.35. The van der Waals surface area contributed by atoms with Crippen LogP contribution in [-0.2, 0) is 4.79 Å². The van der Waals surface area contributed by atoms with Crippen molar-refractivity contribution in [3.05, 3.63) is 34.4 Å². The van der Waals surface area contributed by atoms with Gasteiger partial charge >= 0.3 is 12.2 Å². The van der Waals surface area contributed by atoms with Crippen molar-refractivity contribution in [2.45, 2.75) is 43.8 Å². The molecule has 164 valence electrons. The van der Waals surface area contributed by atoms with E-state index in [1.165, 1.54) is 6.92 Å². The number of alkyl halides is 3. The van der Waals surface area contributed by atoms with E-state index in [0.29, 0.717) is 0 Å². The quantitative estimate of drug-likeness (QED) is 0.543. The van der Waals surface area contributed by atoms with Gasteiger partial charge in [-0.15, -0.1) is 0 Å². The van der Waals surface area contributed by atoms with E-state index in [9.17, 15) is 27.2 Å². The largest absolute Gasteiger partial charge is 0.394 e. The van der Waals surface area contributed by atoms with E-state index in [1.54, 1.807) is 0 Å². The Kier molecular flexibility index (Phi) is 4.38. The lowest BCUT2D eigenvalue weighted by Crippen LogP contribution is -2.77. The van der Waals surface area contributed by atoms with Crippen molar-refractivity contribution >= 4 is 23.5 Å². The number of hydrogen-bond acceptors (Lipinski definition) is 2. The molecule has 11 heteroatoms. The molecule has 3 saturated carbocycles. The third-order valence-corrected chi connectivity index (χ3v) is 7.48. The summed E-state index contributed by atoms with van der Waals surface area (Å²) in [6.45, 7) is 1.45. The SMILES string of the molecule is CC1([C@@H](c2ccc(F)c(Cl)c2F)C23CC(C(F)(F)F)(C2)C3)C(=O)NCCN1C(N)=O. The first-order chi connectivity index (χ1) is 13.8. The minimum atomic E-state index is -4.43. The standard InChI is InChI=1S/C19H19ClF5N3O2/c1-16(14(29)27-4-5-28(16)15(26)30)13(9-2-3-10(21)11(20)12(9)22)17-6-18(7-17,8-17)19(23,24)25/h2-3,13H,4-8H2,1H3,(H2,26,30)(H,27,29)/t13-,16?,17?,18?/m1/s1. The number of carbonyl (C=O) groups excluding carboxylic acids is 2. The average Bonchev–Trinajstić information content (AvgIpc) is 2.56. The van der Waals surface area contributed by atoms with Gasteiger partial charge in [0.2, 0.25) is 5.91 Å². The Bertz CT molecular complexity index is 933. The van der Waals surface area contributed by atoms with Gasteiger partial charge in [0.1, 0.15) is 22.2 Å². The molecule has 1 saturated heterocycles. The lowest BCUT2D eigenvalue weighted by Gasteiger charge is -2.75. The van der Waals surface area contributed by atoms with Crippen molar-refractivity contribution in [2.24, 2.45) is 16.6 Å². The van der Waals surface area contributed by atoms with Gasteiger partial charge in [-0.2, -0.15) is 13.2 Å². The number of hydrogen-bond donors (Lipinski definition) is 2.